The molecule has 1 N–H and O–H groups in total. The number of hydrogen-bond donors (Lipinski definition) is 1. The predicted octanol–water partition coefficient (Wildman–Crippen LogP) is 1.73. The molecule has 1 aromatic heterocycles. The highest BCUT2D eigenvalue weighted by atomic mass is 16.5. The Morgan fingerprint density at radius 1 is 1.47 bits per heavy atom. The lowest BCUT2D eigenvalue weighted by Crippen LogP contribution is -2.34. The Balaban J connectivity index is 1.57. The summed E-state index contributed by atoms with van der Waals surface area (Å²) in [5, 5.41) is 3.37. The first-order valence-electron chi connectivity index (χ1n) is 6.76. The molecular formula is C13H21N3O. The van der Waals surface area contributed by atoms with E-state index in [0.29, 0.717) is 0 Å². The molecule has 1 aliphatic heterocycles. The van der Waals surface area contributed by atoms with Gasteiger partial charge in [0.1, 0.15) is 6.10 Å². The zero-order valence-corrected chi connectivity index (χ0v) is 10.3. The van der Waals surface area contributed by atoms with Crippen LogP contribution in [0, 0.1) is 5.92 Å². The van der Waals surface area contributed by atoms with Crippen molar-refractivity contribution in [1.29, 1.82) is 0 Å². The maximum absolute atomic E-state index is 5.78. The number of aryl methyl sites for hydroxylation is 1. The van der Waals surface area contributed by atoms with Crippen LogP contribution in [0.15, 0.2) is 12.5 Å². The molecule has 0 radical (unpaired) electrons. The molecule has 3 rings (SSSR count). The lowest BCUT2D eigenvalue weighted by molar-refractivity contribution is 0.0227. The summed E-state index contributed by atoms with van der Waals surface area (Å²) in [5.74, 6) is 1.02. The van der Waals surface area contributed by atoms with Gasteiger partial charge in [-0.05, 0) is 18.8 Å². The molecule has 2 heterocycles. The van der Waals surface area contributed by atoms with Gasteiger partial charge in [0.2, 0.25) is 0 Å². The molecule has 4 heteroatoms. The van der Waals surface area contributed by atoms with Crippen LogP contribution < -0.4 is 5.32 Å². The molecule has 1 aromatic rings. The van der Waals surface area contributed by atoms with Gasteiger partial charge >= 0.3 is 0 Å². The fourth-order valence-electron chi connectivity index (χ4n) is 2.50. The molecule has 0 amide bonds. The van der Waals surface area contributed by atoms with Gasteiger partial charge in [0, 0.05) is 19.6 Å². The van der Waals surface area contributed by atoms with Crippen molar-refractivity contribution in [2.45, 2.75) is 38.3 Å². The Kier molecular flexibility index (Phi) is 3.43. The molecular weight excluding hydrogens is 214 g/mol. The molecule has 2 aliphatic rings. The van der Waals surface area contributed by atoms with Gasteiger partial charge in [-0.1, -0.05) is 12.8 Å². The largest absolute Gasteiger partial charge is 0.369 e. The third kappa shape index (κ3) is 2.87. The number of nitrogens with one attached hydrogen (secondary N) is 1. The number of morpholine rings is 1. The van der Waals surface area contributed by atoms with Gasteiger partial charge in [0.25, 0.3) is 0 Å². The predicted molar refractivity (Wildman–Crippen MR) is 65.7 cm³/mol. The van der Waals surface area contributed by atoms with Crippen molar-refractivity contribution in [3.8, 4) is 0 Å². The van der Waals surface area contributed by atoms with Gasteiger partial charge in [-0.2, -0.15) is 0 Å². The smallest absolute Gasteiger partial charge is 0.111 e. The van der Waals surface area contributed by atoms with Crippen LogP contribution in [0.4, 0.5) is 0 Å². The van der Waals surface area contributed by atoms with E-state index in [-0.39, 0.29) is 6.10 Å². The van der Waals surface area contributed by atoms with Crippen LogP contribution in [0.3, 0.4) is 0 Å². The first-order chi connectivity index (χ1) is 8.43. The Bertz CT molecular complexity index is 353. The van der Waals surface area contributed by atoms with E-state index in [1.54, 1.807) is 0 Å². The summed E-state index contributed by atoms with van der Waals surface area (Å²) in [6, 6.07) is 0. The Hall–Kier alpha value is -0.870. The molecule has 1 saturated carbocycles. The van der Waals surface area contributed by atoms with Crippen molar-refractivity contribution in [2.24, 2.45) is 5.92 Å². The fourth-order valence-corrected chi connectivity index (χ4v) is 2.50. The average molecular weight is 235 g/mol. The van der Waals surface area contributed by atoms with Crippen LogP contribution in [0.25, 0.3) is 0 Å². The second kappa shape index (κ2) is 5.19. The summed E-state index contributed by atoms with van der Waals surface area (Å²) in [7, 11) is 0. The number of imidazole rings is 1. The third-order valence-electron chi connectivity index (χ3n) is 3.71. The second-order valence-electron chi connectivity index (χ2n) is 5.16. The van der Waals surface area contributed by atoms with Crippen molar-refractivity contribution < 1.29 is 4.74 Å². The Morgan fingerprint density at radius 3 is 3.18 bits per heavy atom. The van der Waals surface area contributed by atoms with Crippen LogP contribution in [0.2, 0.25) is 0 Å². The first-order valence-corrected chi connectivity index (χ1v) is 6.76. The molecule has 0 spiro atoms. The summed E-state index contributed by atoms with van der Waals surface area (Å²) in [6.07, 6.45) is 9.64. The summed E-state index contributed by atoms with van der Waals surface area (Å²) in [4.78, 5) is 4.27. The van der Waals surface area contributed by atoms with E-state index in [2.05, 4.69) is 14.9 Å². The first kappa shape index (κ1) is 11.2. The number of nitrogens with zero attached hydrogens (tertiary/aromatic N) is 2. The summed E-state index contributed by atoms with van der Waals surface area (Å²) < 4.78 is 8.04. The van der Waals surface area contributed by atoms with E-state index in [1.807, 2.05) is 12.5 Å². The van der Waals surface area contributed by atoms with Crippen LogP contribution >= 0.6 is 0 Å². The Morgan fingerprint density at radius 2 is 2.41 bits per heavy atom. The van der Waals surface area contributed by atoms with Gasteiger partial charge in [-0.15, -0.1) is 0 Å². The van der Waals surface area contributed by atoms with Crippen molar-refractivity contribution in [3.05, 3.63) is 18.2 Å². The number of hydrogen-bond acceptors (Lipinski definition) is 3. The number of ether oxygens (including phenoxy) is 1. The van der Waals surface area contributed by atoms with Crippen LogP contribution in [-0.4, -0.2) is 29.2 Å². The van der Waals surface area contributed by atoms with Crippen LogP contribution in [0.1, 0.15) is 37.5 Å². The third-order valence-corrected chi connectivity index (χ3v) is 3.71. The zero-order chi connectivity index (χ0) is 11.5. The lowest BCUT2D eigenvalue weighted by Gasteiger charge is -2.24. The van der Waals surface area contributed by atoms with Crippen molar-refractivity contribution in [2.75, 3.05) is 19.7 Å². The Labute approximate surface area is 102 Å². The van der Waals surface area contributed by atoms with E-state index in [0.717, 1.165) is 32.2 Å². The zero-order valence-electron chi connectivity index (χ0n) is 10.3. The minimum absolute atomic E-state index is 0.187. The monoisotopic (exact) mass is 235 g/mol. The highest BCUT2D eigenvalue weighted by Crippen LogP contribution is 2.33. The molecule has 94 valence electrons. The molecule has 1 saturated heterocycles. The fraction of sp³-hybridized carbons (Fsp3) is 0.769. The van der Waals surface area contributed by atoms with Gasteiger partial charge in [-0.25, -0.2) is 4.98 Å². The normalized spacial score (nSPS) is 25.1. The van der Waals surface area contributed by atoms with E-state index in [4.69, 9.17) is 4.74 Å². The maximum Gasteiger partial charge on any atom is 0.111 e. The molecule has 2 fully saturated rings. The lowest BCUT2D eigenvalue weighted by atomic mass is 10.2. The summed E-state index contributed by atoms with van der Waals surface area (Å²) >= 11 is 0. The van der Waals surface area contributed by atoms with Gasteiger partial charge in [0.15, 0.2) is 0 Å². The average Bonchev–Trinajstić information content (AvgIpc) is 3.07. The van der Waals surface area contributed by atoms with Crippen molar-refractivity contribution in [1.82, 2.24) is 14.9 Å². The topological polar surface area (TPSA) is 39.1 Å². The molecule has 1 aliphatic carbocycles. The van der Waals surface area contributed by atoms with Crippen LogP contribution in [-0.2, 0) is 11.3 Å². The number of rotatable bonds is 5. The second-order valence-corrected chi connectivity index (χ2v) is 5.16. The standard InChI is InChI=1S/C13H21N3O/c1(2-11-3-4-11)6-16-10-15-8-12(16)13-9-14-5-7-17-13/h8,10-11,13-14H,1-7,9H2. The minimum Gasteiger partial charge on any atom is -0.369 e. The molecule has 4 nitrogen and oxygen atoms in total. The highest BCUT2D eigenvalue weighted by Gasteiger charge is 2.22. The summed E-state index contributed by atoms with van der Waals surface area (Å²) in [5.41, 5.74) is 1.23. The molecule has 0 aromatic carbocycles. The van der Waals surface area contributed by atoms with Crippen molar-refractivity contribution >= 4 is 0 Å². The van der Waals surface area contributed by atoms with Gasteiger partial charge < -0.3 is 14.6 Å². The molecule has 17 heavy (non-hydrogen) atoms. The number of aromatic nitrogens is 2. The van der Waals surface area contributed by atoms with Gasteiger partial charge in [-0.3, -0.25) is 0 Å². The van der Waals surface area contributed by atoms with Crippen molar-refractivity contribution in [3.63, 3.8) is 0 Å². The van der Waals surface area contributed by atoms with E-state index in [1.165, 1.54) is 31.4 Å². The summed E-state index contributed by atoms with van der Waals surface area (Å²) in [6.45, 7) is 3.77. The quantitative estimate of drug-likeness (QED) is 0.845. The van der Waals surface area contributed by atoms with Crippen LogP contribution in [0.5, 0.6) is 0 Å². The SMILES string of the molecule is c1ncn(CCCC2CC2)c1C1CNCCO1. The molecule has 1 atom stereocenters. The minimum atomic E-state index is 0.187. The van der Waals surface area contributed by atoms with E-state index >= 15 is 0 Å². The van der Waals surface area contributed by atoms with E-state index in [9.17, 15) is 0 Å². The highest BCUT2D eigenvalue weighted by molar-refractivity contribution is 5.04. The molecule has 0 bridgehead atoms. The molecule has 1 unspecified atom stereocenters. The maximum atomic E-state index is 5.78. The van der Waals surface area contributed by atoms with E-state index < -0.39 is 0 Å². The van der Waals surface area contributed by atoms with Gasteiger partial charge in [0.05, 0.1) is 24.8 Å².